The molecule has 0 nitrogen and oxygen atoms in total. The van der Waals surface area contributed by atoms with Gasteiger partial charge in [0.2, 0.25) is 0 Å². The summed E-state index contributed by atoms with van der Waals surface area (Å²) in [6.45, 7) is 0. The summed E-state index contributed by atoms with van der Waals surface area (Å²) >= 11 is 6.17. The third-order valence-corrected chi connectivity index (χ3v) is 0. The zero-order valence-electron chi connectivity index (χ0n) is 1.84. The first kappa shape index (κ1) is 8.88. The Hall–Kier alpha value is 0.972. The van der Waals surface area contributed by atoms with Crippen LogP contribution in [0.25, 0.3) is 0 Å². The van der Waals surface area contributed by atoms with Gasteiger partial charge < -0.3 is 0 Å². The van der Waals surface area contributed by atoms with E-state index in [4.69, 9.17) is 0 Å². The number of thiocarbonyl (C=S) groups is 1. The van der Waals surface area contributed by atoms with Crippen molar-refractivity contribution in [1.82, 2.24) is 0 Å². The van der Waals surface area contributed by atoms with Crippen molar-refractivity contribution in [2.45, 2.75) is 0 Å². The van der Waals surface area contributed by atoms with E-state index in [9.17, 15) is 0 Å². The quantitative estimate of drug-likeness (QED) is 0.411. The predicted molar refractivity (Wildman–Crippen MR) is 22.3 cm³/mol. The molecule has 28 valence electrons. The van der Waals surface area contributed by atoms with Crippen LogP contribution >= 0.6 is 22.2 Å². The average molecular weight is 185 g/mol. The topological polar surface area (TPSA) is 0 Å². The van der Waals surface area contributed by atoms with Gasteiger partial charge in [0.25, 0.3) is 0 Å². The van der Waals surface area contributed by atoms with Crippen molar-refractivity contribution in [2.75, 3.05) is 0 Å². The molecule has 0 N–H and O–H groups in total. The van der Waals surface area contributed by atoms with Gasteiger partial charge in [-0.1, -0.05) is 12.2 Å². The Morgan fingerprint density at radius 1 is 1.25 bits per heavy atom. The van der Waals surface area contributed by atoms with Crippen molar-refractivity contribution in [3.8, 4) is 0 Å². The molecule has 0 unspecified atom stereocenters. The second kappa shape index (κ2) is 37.1. The van der Waals surface area contributed by atoms with Crippen LogP contribution in [-0.2, 0) is 17.4 Å². The van der Waals surface area contributed by atoms with Gasteiger partial charge in [-0.15, -0.1) is 0 Å². The van der Waals surface area contributed by atoms with E-state index in [0.29, 0.717) is 0 Å². The zero-order valence-corrected chi connectivity index (χ0v) is 5.03. The summed E-state index contributed by atoms with van der Waals surface area (Å²) in [5.41, 5.74) is 0. The normalized spacial score (nSPS) is 2.50. The first-order valence-electron chi connectivity index (χ1n) is 0.418. The van der Waals surface area contributed by atoms with Gasteiger partial charge in [-0.3, -0.25) is 0 Å². The molecule has 0 saturated heterocycles. The van der Waals surface area contributed by atoms with E-state index in [1.165, 1.54) is 0 Å². The Kier molecular flexibility index (Phi) is 82.4. The molecule has 0 saturated carbocycles. The summed E-state index contributed by atoms with van der Waals surface area (Å²) < 4.78 is 0. The fourth-order valence-corrected chi connectivity index (χ4v) is 0. The van der Waals surface area contributed by atoms with Crippen molar-refractivity contribution in [2.24, 2.45) is 0 Å². The molecule has 3 heteroatoms. The molecule has 0 aliphatic heterocycles. The molecular formula is CH2PdS2. The SMILES string of the molecule is C=S.[S]=[Pd]. The van der Waals surface area contributed by atoms with Gasteiger partial charge in [0.1, 0.15) is 0 Å². The van der Waals surface area contributed by atoms with Crippen molar-refractivity contribution in [3.05, 3.63) is 0 Å². The average Bonchev–Trinajstić information content (AvgIpc) is 1.50. The van der Waals surface area contributed by atoms with Crippen molar-refractivity contribution < 1.29 is 17.4 Å². The molecule has 0 bridgehead atoms. The third-order valence-electron chi connectivity index (χ3n) is 0. The molecule has 0 heterocycles. The van der Waals surface area contributed by atoms with E-state index in [0.717, 1.165) is 0 Å². The van der Waals surface area contributed by atoms with Gasteiger partial charge in [-0.05, 0) is 5.87 Å². The van der Waals surface area contributed by atoms with Crippen LogP contribution in [0.4, 0.5) is 0 Å². The van der Waals surface area contributed by atoms with Crippen LogP contribution < -0.4 is 0 Å². The van der Waals surface area contributed by atoms with Crippen molar-refractivity contribution >= 4 is 28.0 Å². The summed E-state index contributed by atoms with van der Waals surface area (Å²) in [5.74, 6) is 2.83. The van der Waals surface area contributed by atoms with Gasteiger partial charge in [0, 0.05) is 0 Å². The van der Waals surface area contributed by atoms with E-state index in [1.807, 2.05) is 0 Å². The van der Waals surface area contributed by atoms with Crippen molar-refractivity contribution in [1.29, 1.82) is 0 Å². The molecule has 0 amide bonds. The van der Waals surface area contributed by atoms with Crippen LogP contribution in [0.15, 0.2) is 0 Å². The molecule has 0 rings (SSSR count). The molecule has 0 spiro atoms. The van der Waals surface area contributed by atoms with E-state index in [-0.39, 0.29) is 0 Å². The summed E-state index contributed by atoms with van der Waals surface area (Å²) in [4.78, 5) is 0. The Balaban J connectivity index is 0. The standard InChI is InChI=1S/CH2S.Pd.S/c1-2;;/h1H2;;. The van der Waals surface area contributed by atoms with E-state index in [2.05, 4.69) is 45.4 Å². The first-order valence-corrected chi connectivity index (χ1v) is 3.16. The Bertz CT molecular complexity index is 8.00. The zero-order chi connectivity index (χ0) is 4.00. The summed E-state index contributed by atoms with van der Waals surface area (Å²) in [6.07, 6.45) is 0. The number of rotatable bonds is 0. The molecule has 0 radical (unpaired) electrons. The van der Waals surface area contributed by atoms with Gasteiger partial charge in [0.05, 0.1) is 0 Å². The molecule has 0 aliphatic carbocycles. The molecule has 0 atom stereocenters. The molecule has 0 aromatic heterocycles. The van der Waals surface area contributed by atoms with Crippen LogP contribution in [0.1, 0.15) is 0 Å². The summed E-state index contributed by atoms with van der Waals surface area (Å²) in [5, 5.41) is 0. The van der Waals surface area contributed by atoms with Crippen LogP contribution in [0.5, 0.6) is 0 Å². The summed E-state index contributed by atoms with van der Waals surface area (Å²) in [6, 6.07) is 0. The van der Waals surface area contributed by atoms with E-state index >= 15 is 0 Å². The second-order valence-corrected chi connectivity index (χ2v) is 0. The monoisotopic (exact) mass is 184 g/mol. The fourth-order valence-electron chi connectivity index (χ4n) is 0. The molecule has 0 fully saturated rings. The minimum absolute atomic E-state index is 2.33. The maximum atomic E-state index is 3.93. The minimum atomic E-state index is 2.33. The number of hydrogen-bond donors (Lipinski definition) is 0. The number of hydrogen-bond acceptors (Lipinski definition) is 2. The second-order valence-electron chi connectivity index (χ2n) is 0. The molecular weight excluding hydrogens is 183 g/mol. The van der Waals surface area contributed by atoms with Gasteiger partial charge in [0.15, 0.2) is 0 Å². The Morgan fingerprint density at radius 3 is 1.25 bits per heavy atom. The molecule has 0 aromatic carbocycles. The Morgan fingerprint density at radius 2 is 1.25 bits per heavy atom. The molecule has 0 aliphatic rings. The van der Waals surface area contributed by atoms with E-state index in [1.54, 1.807) is 0 Å². The van der Waals surface area contributed by atoms with Gasteiger partial charge in [-0.25, -0.2) is 0 Å². The van der Waals surface area contributed by atoms with E-state index < -0.39 is 0 Å². The van der Waals surface area contributed by atoms with Crippen LogP contribution in [-0.4, -0.2) is 5.87 Å². The third kappa shape index (κ3) is 12.2. The van der Waals surface area contributed by atoms with Crippen LogP contribution in [0, 0.1) is 0 Å². The van der Waals surface area contributed by atoms with Crippen molar-refractivity contribution in [3.63, 3.8) is 0 Å². The molecule has 4 heavy (non-hydrogen) atoms. The van der Waals surface area contributed by atoms with Crippen LogP contribution in [0.2, 0.25) is 0 Å². The molecule has 0 aromatic rings. The first-order chi connectivity index (χ1) is 2.00. The predicted octanol–water partition coefficient (Wildman–Crippen LogP) is 1.26. The van der Waals surface area contributed by atoms with Gasteiger partial charge >= 0.3 is 27.4 Å². The fraction of sp³-hybridized carbons (Fsp3) is 0. The maximum absolute atomic E-state index is 3.93. The van der Waals surface area contributed by atoms with Gasteiger partial charge in [-0.2, -0.15) is 0 Å². The Labute approximate surface area is 45.5 Å². The summed E-state index contributed by atoms with van der Waals surface area (Å²) in [7, 11) is 3.93. The van der Waals surface area contributed by atoms with Crippen LogP contribution in [0.3, 0.4) is 0 Å².